The topological polar surface area (TPSA) is 59.6 Å². The number of amides is 2. The molecule has 1 spiro atoms. The molecule has 5 heteroatoms. The van der Waals surface area contributed by atoms with Gasteiger partial charge in [-0.3, -0.25) is 0 Å². The van der Waals surface area contributed by atoms with Gasteiger partial charge in [0.2, 0.25) is 0 Å². The molecule has 0 bridgehead atoms. The molecule has 2 saturated heterocycles. The minimum absolute atomic E-state index is 0.0189. The van der Waals surface area contributed by atoms with Gasteiger partial charge in [0.1, 0.15) is 0 Å². The maximum absolute atomic E-state index is 12.5. The number of nitrogens with one attached hydrogen (secondary N) is 2. The lowest BCUT2D eigenvalue weighted by Crippen LogP contribution is -2.54. The first-order valence-electron chi connectivity index (χ1n) is 10.1. The van der Waals surface area contributed by atoms with E-state index in [4.69, 9.17) is 9.47 Å². The molecule has 2 N–H and O–H groups in total. The summed E-state index contributed by atoms with van der Waals surface area (Å²) in [6.45, 7) is 1.64. The van der Waals surface area contributed by atoms with Crippen molar-refractivity contribution < 1.29 is 14.3 Å². The molecule has 0 aromatic heterocycles. The van der Waals surface area contributed by atoms with Gasteiger partial charge >= 0.3 is 6.03 Å². The molecule has 2 aliphatic heterocycles. The van der Waals surface area contributed by atoms with Crippen LogP contribution in [0.15, 0.2) is 0 Å². The molecule has 0 aromatic carbocycles. The van der Waals surface area contributed by atoms with Crippen LogP contribution >= 0.6 is 0 Å². The van der Waals surface area contributed by atoms with Crippen LogP contribution in [-0.4, -0.2) is 43.0 Å². The van der Waals surface area contributed by atoms with Crippen molar-refractivity contribution in [3.05, 3.63) is 0 Å². The SMILES string of the molecule is O=C(NC1CCOC2(CCCCC2)C1)NC1CCCC2OCCC12. The largest absolute Gasteiger partial charge is 0.378 e. The number of carbonyl (C=O) groups excluding carboxylic acids is 1. The summed E-state index contributed by atoms with van der Waals surface area (Å²) in [6.07, 6.45) is 13.0. The van der Waals surface area contributed by atoms with Crippen molar-refractivity contribution in [3.63, 3.8) is 0 Å². The van der Waals surface area contributed by atoms with Crippen LogP contribution in [0.25, 0.3) is 0 Å². The Kier molecular flexibility index (Phi) is 5.00. The predicted octanol–water partition coefficient (Wildman–Crippen LogP) is 3.13. The number of urea groups is 1. The highest BCUT2D eigenvalue weighted by atomic mass is 16.5. The molecule has 2 saturated carbocycles. The Hall–Kier alpha value is -0.810. The molecule has 4 fully saturated rings. The van der Waals surface area contributed by atoms with Gasteiger partial charge in [-0.25, -0.2) is 4.79 Å². The van der Waals surface area contributed by atoms with E-state index in [0.29, 0.717) is 12.0 Å². The Bertz CT molecular complexity index is 444. The van der Waals surface area contributed by atoms with Crippen LogP contribution in [0.3, 0.4) is 0 Å². The zero-order chi connectivity index (χ0) is 16.4. The van der Waals surface area contributed by atoms with Crippen molar-refractivity contribution in [2.75, 3.05) is 13.2 Å². The van der Waals surface area contributed by atoms with Gasteiger partial charge in [-0.15, -0.1) is 0 Å². The van der Waals surface area contributed by atoms with Crippen molar-refractivity contribution in [1.29, 1.82) is 0 Å². The van der Waals surface area contributed by atoms with E-state index in [0.717, 1.165) is 64.6 Å². The molecular weight excluding hydrogens is 304 g/mol. The minimum atomic E-state index is 0.0189. The zero-order valence-corrected chi connectivity index (χ0v) is 14.7. The number of hydrogen-bond donors (Lipinski definition) is 2. The van der Waals surface area contributed by atoms with Crippen LogP contribution in [0.5, 0.6) is 0 Å². The molecule has 0 radical (unpaired) electrons. The quantitative estimate of drug-likeness (QED) is 0.814. The fraction of sp³-hybridized carbons (Fsp3) is 0.947. The van der Waals surface area contributed by atoms with E-state index in [1.165, 1.54) is 19.3 Å². The smallest absolute Gasteiger partial charge is 0.315 e. The van der Waals surface area contributed by atoms with Crippen LogP contribution < -0.4 is 10.6 Å². The van der Waals surface area contributed by atoms with Crippen LogP contribution in [0, 0.1) is 5.92 Å². The molecule has 4 aliphatic rings. The van der Waals surface area contributed by atoms with Gasteiger partial charge in [-0.05, 0) is 51.4 Å². The summed E-state index contributed by atoms with van der Waals surface area (Å²) in [5.74, 6) is 0.517. The summed E-state index contributed by atoms with van der Waals surface area (Å²) in [7, 11) is 0. The average molecular weight is 336 g/mol. The van der Waals surface area contributed by atoms with Gasteiger partial charge in [0.25, 0.3) is 0 Å². The molecule has 0 aromatic rings. The second-order valence-electron chi connectivity index (χ2n) is 8.30. The molecule has 4 atom stereocenters. The predicted molar refractivity (Wildman–Crippen MR) is 91.9 cm³/mol. The van der Waals surface area contributed by atoms with Crippen LogP contribution in [0.1, 0.15) is 70.6 Å². The van der Waals surface area contributed by atoms with Crippen molar-refractivity contribution in [3.8, 4) is 0 Å². The van der Waals surface area contributed by atoms with Crippen LogP contribution in [0.2, 0.25) is 0 Å². The highest BCUT2D eigenvalue weighted by Crippen LogP contribution is 2.38. The Morgan fingerprint density at radius 3 is 2.67 bits per heavy atom. The monoisotopic (exact) mass is 336 g/mol. The number of ether oxygens (including phenoxy) is 2. The Morgan fingerprint density at radius 1 is 0.917 bits per heavy atom. The number of hydrogen-bond acceptors (Lipinski definition) is 3. The third kappa shape index (κ3) is 3.57. The standard InChI is InChI=1S/C19H32N2O3/c22-18(21-16-5-4-6-17-15(16)8-11-23-17)20-14-7-12-24-19(13-14)9-2-1-3-10-19/h14-17H,1-13H2,(H2,20,21,22). The third-order valence-electron chi connectivity index (χ3n) is 6.69. The van der Waals surface area contributed by atoms with Gasteiger partial charge in [0, 0.05) is 31.2 Å². The fourth-order valence-electron chi connectivity index (χ4n) is 5.45. The highest BCUT2D eigenvalue weighted by molar-refractivity contribution is 5.74. The van der Waals surface area contributed by atoms with Crippen molar-refractivity contribution in [2.45, 2.75) is 94.4 Å². The third-order valence-corrected chi connectivity index (χ3v) is 6.69. The molecule has 2 heterocycles. The lowest BCUT2D eigenvalue weighted by Gasteiger charge is -2.43. The zero-order valence-electron chi connectivity index (χ0n) is 14.7. The van der Waals surface area contributed by atoms with E-state index < -0.39 is 0 Å². The lowest BCUT2D eigenvalue weighted by atomic mass is 9.78. The number of carbonyl (C=O) groups is 1. The average Bonchev–Trinajstić information content (AvgIpc) is 3.05. The van der Waals surface area contributed by atoms with E-state index in [2.05, 4.69) is 10.6 Å². The molecule has 4 rings (SSSR count). The summed E-state index contributed by atoms with van der Waals surface area (Å²) in [5, 5.41) is 6.50. The van der Waals surface area contributed by atoms with E-state index >= 15 is 0 Å². The first-order chi connectivity index (χ1) is 11.7. The second-order valence-corrected chi connectivity index (χ2v) is 8.30. The van der Waals surface area contributed by atoms with Gasteiger partial charge in [0.05, 0.1) is 11.7 Å². The van der Waals surface area contributed by atoms with Crippen LogP contribution in [-0.2, 0) is 9.47 Å². The lowest BCUT2D eigenvalue weighted by molar-refractivity contribution is -0.107. The Labute approximate surface area is 145 Å². The minimum Gasteiger partial charge on any atom is -0.378 e. The maximum Gasteiger partial charge on any atom is 0.315 e. The number of fused-ring (bicyclic) bond motifs is 1. The van der Waals surface area contributed by atoms with Gasteiger partial charge < -0.3 is 20.1 Å². The van der Waals surface area contributed by atoms with E-state index in [1.54, 1.807) is 0 Å². The van der Waals surface area contributed by atoms with E-state index in [1.807, 2.05) is 0 Å². The molecule has 5 nitrogen and oxygen atoms in total. The molecule has 4 unspecified atom stereocenters. The summed E-state index contributed by atoms with van der Waals surface area (Å²) >= 11 is 0. The molecule has 24 heavy (non-hydrogen) atoms. The summed E-state index contributed by atoms with van der Waals surface area (Å²) in [5.41, 5.74) is 0.0453. The molecule has 2 aliphatic carbocycles. The number of rotatable bonds is 2. The van der Waals surface area contributed by atoms with E-state index in [9.17, 15) is 4.79 Å². The van der Waals surface area contributed by atoms with Gasteiger partial charge in [0.15, 0.2) is 0 Å². The van der Waals surface area contributed by atoms with Gasteiger partial charge in [-0.1, -0.05) is 19.3 Å². The van der Waals surface area contributed by atoms with Crippen molar-refractivity contribution in [1.82, 2.24) is 10.6 Å². The van der Waals surface area contributed by atoms with Crippen molar-refractivity contribution in [2.24, 2.45) is 5.92 Å². The van der Waals surface area contributed by atoms with E-state index in [-0.39, 0.29) is 23.7 Å². The first-order valence-corrected chi connectivity index (χ1v) is 10.1. The van der Waals surface area contributed by atoms with Crippen LogP contribution in [0.4, 0.5) is 4.79 Å². The summed E-state index contributed by atoms with van der Waals surface area (Å²) < 4.78 is 11.9. The summed E-state index contributed by atoms with van der Waals surface area (Å²) in [6, 6.07) is 0.566. The first kappa shape index (κ1) is 16.6. The Balaban J connectivity index is 1.29. The highest BCUT2D eigenvalue weighted by Gasteiger charge is 2.40. The maximum atomic E-state index is 12.5. The normalized spacial score (nSPS) is 38.5. The molecular formula is C19H32N2O3. The summed E-state index contributed by atoms with van der Waals surface area (Å²) in [4.78, 5) is 12.5. The second kappa shape index (κ2) is 7.20. The van der Waals surface area contributed by atoms with Gasteiger partial charge in [-0.2, -0.15) is 0 Å². The molecule has 136 valence electrons. The fourth-order valence-corrected chi connectivity index (χ4v) is 5.45. The van der Waals surface area contributed by atoms with Crippen molar-refractivity contribution >= 4 is 6.03 Å². The molecule has 2 amide bonds. The Morgan fingerprint density at radius 2 is 1.79 bits per heavy atom.